The van der Waals surface area contributed by atoms with E-state index in [1.54, 1.807) is 6.92 Å². The molecule has 0 saturated carbocycles. The lowest BCUT2D eigenvalue weighted by atomic mass is 10.2. The largest absolute Gasteiger partial charge is 0.441 e. The molecule has 1 aromatic carbocycles. The number of hydrogen-bond acceptors (Lipinski definition) is 6. The van der Waals surface area contributed by atoms with Crippen LogP contribution in [0.4, 0.5) is 5.69 Å². The summed E-state index contributed by atoms with van der Waals surface area (Å²) in [6, 6.07) is 5.70. The van der Waals surface area contributed by atoms with Crippen molar-refractivity contribution in [3.05, 3.63) is 35.8 Å². The van der Waals surface area contributed by atoms with Gasteiger partial charge in [-0.05, 0) is 32.0 Å². The topological polar surface area (TPSA) is 77.0 Å². The lowest BCUT2D eigenvalue weighted by Crippen LogP contribution is -2.06. The van der Waals surface area contributed by atoms with Gasteiger partial charge in [0.25, 0.3) is 0 Å². The molecule has 0 spiro atoms. The molecule has 0 aliphatic rings. The van der Waals surface area contributed by atoms with Crippen LogP contribution in [0.15, 0.2) is 27.1 Å². The van der Waals surface area contributed by atoms with E-state index in [0.717, 1.165) is 16.8 Å². The Bertz CT molecular complexity index is 716. The number of nitrogens with one attached hydrogen (secondary N) is 1. The van der Waals surface area contributed by atoms with Gasteiger partial charge < -0.3 is 14.3 Å². The SMILES string of the molecule is Cc1noc([C@H](C)Nc2ccc3oc(C)nc3c2)n1. The second-order valence-electron chi connectivity index (χ2n) is 4.46. The quantitative estimate of drug-likeness (QED) is 0.778. The van der Waals surface area contributed by atoms with Crippen molar-refractivity contribution in [2.45, 2.75) is 26.8 Å². The smallest absolute Gasteiger partial charge is 0.248 e. The van der Waals surface area contributed by atoms with Crippen LogP contribution in [0.2, 0.25) is 0 Å². The van der Waals surface area contributed by atoms with Crippen LogP contribution in [0.3, 0.4) is 0 Å². The molecular weight excluding hydrogens is 244 g/mol. The number of rotatable bonds is 3. The third kappa shape index (κ3) is 2.29. The predicted molar refractivity (Wildman–Crippen MR) is 69.8 cm³/mol. The van der Waals surface area contributed by atoms with Crippen LogP contribution in [-0.4, -0.2) is 15.1 Å². The van der Waals surface area contributed by atoms with Gasteiger partial charge in [-0.25, -0.2) is 4.98 Å². The minimum absolute atomic E-state index is 0.0633. The average molecular weight is 258 g/mol. The van der Waals surface area contributed by atoms with E-state index >= 15 is 0 Å². The lowest BCUT2D eigenvalue weighted by molar-refractivity contribution is 0.364. The Balaban J connectivity index is 1.84. The first-order valence-electron chi connectivity index (χ1n) is 6.06. The summed E-state index contributed by atoms with van der Waals surface area (Å²) in [5.74, 6) is 1.85. The van der Waals surface area contributed by atoms with Gasteiger partial charge in [0, 0.05) is 12.6 Å². The molecule has 19 heavy (non-hydrogen) atoms. The summed E-state index contributed by atoms with van der Waals surface area (Å²) < 4.78 is 10.6. The van der Waals surface area contributed by atoms with Crippen LogP contribution in [0.5, 0.6) is 0 Å². The average Bonchev–Trinajstić information content (AvgIpc) is 2.93. The van der Waals surface area contributed by atoms with E-state index < -0.39 is 0 Å². The van der Waals surface area contributed by atoms with Crippen molar-refractivity contribution in [2.24, 2.45) is 0 Å². The number of nitrogens with zero attached hydrogens (tertiary/aromatic N) is 3. The fourth-order valence-electron chi connectivity index (χ4n) is 1.93. The van der Waals surface area contributed by atoms with Gasteiger partial charge in [-0.2, -0.15) is 4.98 Å². The summed E-state index contributed by atoms with van der Waals surface area (Å²) in [4.78, 5) is 8.50. The molecule has 0 unspecified atom stereocenters. The lowest BCUT2D eigenvalue weighted by Gasteiger charge is -2.10. The summed E-state index contributed by atoms with van der Waals surface area (Å²) in [5, 5.41) is 7.07. The maximum absolute atomic E-state index is 5.44. The molecule has 0 amide bonds. The molecule has 1 atom stereocenters. The highest BCUT2D eigenvalue weighted by Crippen LogP contribution is 2.23. The van der Waals surface area contributed by atoms with Gasteiger partial charge in [-0.3, -0.25) is 0 Å². The first kappa shape index (κ1) is 11.7. The molecule has 98 valence electrons. The highest BCUT2D eigenvalue weighted by atomic mass is 16.5. The molecule has 0 radical (unpaired) electrons. The summed E-state index contributed by atoms with van der Waals surface area (Å²) >= 11 is 0. The summed E-state index contributed by atoms with van der Waals surface area (Å²) in [6.07, 6.45) is 0. The van der Waals surface area contributed by atoms with Crippen LogP contribution >= 0.6 is 0 Å². The number of hydrogen-bond donors (Lipinski definition) is 1. The number of benzene rings is 1. The minimum atomic E-state index is -0.0633. The Hall–Kier alpha value is -2.37. The highest BCUT2D eigenvalue weighted by Gasteiger charge is 2.13. The predicted octanol–water partition coefficient (Wildman–Crippen LogP) is 3.00. The molecule has 2 heterocycles. The Labute approximate surface area is 109 Å². The Morgan fingerprint density at radius 1 is 1.21 bits per heavy atom. The number of oxazole rings is 1. The van der Waals surface area contributed by atoms with Gasteiger partial charge in [0.1, 0.15) is 11.6 Å². The van der Waals surface area contributed by atoms with Crippen LogP contribution in [0.1, 0.15) is 30.6 Å². The van der Waals surface area contributed by atoms with Crippen molar-refractivity contribution in [2.75, 3.05) is 5.32 Å². The van der Waals surface area contributed by atoms with Gasteiger partial charge in [0.05, 0.1) is 0 Å². The van der Waals surface area contributed by atoms with E-state index in [-0.39, 0.29) is 6.04 Å². The summed E-state index contributed by atoms with van der Waals surface area (Å²) in [5.41, 5.74) is 2.55. The zero-order valence-electron chi connectivity index (χ0n) is 11.0. The molecular formula is C13H14N4O2. The highest BCUT2D eigenvalue weighted by molar-refractivity contribution is 5.77. The zero-order valence-corrected chi connectivity index (χ0v) is 11.0. The molecule has 6 heteroatoms. The maximum Gasteiger partial charge on any atom is 0.248 e. The molecule has 0 aliphatic carbocycles. The number of aryl methyl sites for hydroxylation is 2. The van der Waals surface area contributed by atoms with Crippen molar-refractivity contribution in [3.63, 3.8) is 0 Å². The third-order valence-corrected chi connectivity index (χ3v) is 2.79. The van der Waals surface area contributed by atoms with E-state index in [1.807, 2.05) is 32.0 Å². The molecule has 0 saturated heterocycles. The van der Waals surface area contributed by atoms with Crippen molar-refractivity contribution in [1.29, 1.82) is 0 Å². The molecule has 2 aromatic heterocycles. The fourth-order valence-corrected chi connectivity index (χ4v) is 1.93. The molecule has 0 bridgehead atoms. The van der Waals surface area contributed by atoms with E-state index in [2.05, 4.69) is 20.4 Å². The standard InChI is InChI=1S/C13H14N4O2/c1-7(13-15-8(2)17-19-13)14-10-4-5-12-11(6-10)16-9(3)18-12/h4-7,14H,1-3H3/t7-/m0/s1. The number of anilines is 1. The molecule has 3 rings (SSSR count). The third-order valence-electron chi connectivity index (χ3n) is 2.79. The van der Waals surface area contributed by atoms with E-state index in [1.165, 1.54) is 0 Å². The Morgan fingerprint density at radius 3 is 2.79 bits per heavy atom. The molecule has 3 aromatic rings. The first-order chi connectivity index (χ1) is 9.11. The van der Waals surface area contributed by atoms with Gasteiger partial charge in [0.15, 0.2) is 17.3 Å². The van der Waals surface area contributed by atoms with Crippen LogP contribution in [0, 0.1) is 13.8 Å². The Morgan fingerprint density at radius 2 is 2.05 bits per heavy atom. The van der Waals surface area contributed by atoms with Crippen LogP contribution in [-0.2, 0) is 0 Å². The van der Waals surface area contributed by atoms with Crippen LogP contribution < -0.4 is 5.32 Å². The normalized spacial score (nSPS) is 12.8. The minimum Gasteiger partial charge on any atom is -0.441 e. The van der Waals surface area contributed by atoms with Crippen LogP contribution in [0.25, 0.3) is 11.1 Å². The summed E-state index contributed by atoms with van der Waals surface area (Å²) in [6.45, 7) is 5.59. The Kier molecular flexibility index (Phi) is 2.70. The fraction of sp³-hybridized carbons (Fsp3) is 0.308. The van der Waals surface area contributed by atoms with Crippen molar-refractivity contribution in [1.82, 2.24) is 15.1 Å². The molecule has 6 nitrogen and oxygen atoms in total. The van der Waals surface area contributed by atoms with Gasteiger partial charge in [-0.15, -0.1) is 0 Å². The van der Waals surface area contributed by atoms with E-state index in [9.17, 15) is 0 Å². The number of aromatic nitrogens is 3. The van der Waals surface area contributed by atoms with Gasteiger partial charge in [0.2, 0.25) is 5.89 Å². The maximum atomic E-state index is 5.44. The van der Waals surface area contributed by atoms with E-state index in [4.69, 9.17) is 8.94 Å². The first-order valence-corrected chi connectivity index (χ1v) is 6.06. The van der Waals surface area contributed by atoms with Crippen molar-refractivity contribution < 1.29 is 8.94 Å². The second-order valence-corrected chi connectivity index (χ2v) is 4.46. The molecule has 0 aliphatic heterocycles. The zero-order chi connectivity index (χ0) is 13.4. The van der Waals surface area contributed by atoms with Crippen molar-refractivity contribution in [3.8, 4) is 0 Å². The number of fused-ring (bicyclic) bond motifs is 1. The summed E-state index contributed by atoms with van der Waals surface area (Å²) in [7, 11) is 0. The van der Waals surface area contributed by atoms with Gasteiger partial charge in [-0.1, -0.05) is 5.16 Å². The van der Waals surface area contributed by atoms with Gasteiger partial charge >= 0.3 is 0 Å². The van der Waals surface area contributed by atoms with E-state index in [0.29, 0.717) is 17.6 Å². The molecule has 0 fully saturated rings. The monoisotopic (exact) mass is 258 g/mol. The molecule has 1 N–H and O–H groups in total. The van der Waals surface area contributed by atoms with Crippen molar-refractivity contribution >= 4 is 16.8 Å². The second kappa shape index (κ2) is 4.38.